The zero-order valence-corrected chi connectivity index (χ0v) is 30.5. The zero-order valence-electron chi connectivity index (χ0n) is 26.9. The van der Waals surface area contributed by atoms with E-state index in [2.05, 4.69) is 71.8 Å². The van der Waals surface area contributed by atoms with Gasteiger partial charge in [-0.2, -0.15) is 50.5 Å². The first-order valence-electron chi connectivity index (χ1n) is 13.9. The van der Waals surface area contributed by atoms with Crippen LogP contribution in [0.25, 0.3) is 0 Å². The number of rotatable bonds is 19. The van der Waals surface area contributed by atoms with Gasteiger partial charge in [-0.1, -0.05) is 28.7 Å². The lowest BCUT2D eigenvalue weighted by atomic mass is 10.1. The molecule has 18 heteroatoms. The lowest BCUT2D eigenvalue weighted by molar-refractivity contribution is -0.122. The van der Waals surface area contributed by atoms with Gasteiger partial charge in [0, 0.05) is 41.0 Å². The second-order valence-electron chi connectivity index (χ2n) is 9.51. The van der Waals surface area contributed by atoms with Crippen molar-refractivity contribution in [2.75, 3.05) is 13.1 Å². The molecular formula is C29H60N6O8S4. The molecule has 0 aromatic heterocycles. The van der Waals surface area contributed by atoms with Gasteiger partial charge in [0.15, 0.2) is 17.3 Å². The molecular weight excluding hydrogens is 689 g/mol. The molecule has 0 heterocycles. The van der Waals surface area contributed by atoms with Crippen LogP contribution in [0, 0.1) is 0 Å². The molecule has 8 unspecified atom stereocenters. The normalized spacial score (nSPS) is 14.5. The van der Waals surface area contributed by atoms with Crippen LogP contribution in [-0.4, -0.2) is 107 Å². The van der Waals surface area contributed by atoms with Crippen molar-refractivity contribution in [1.82, 2.24) is 21.3 Å². The standard InChI is InChI=1S/C8H14N2O3S.C7H13NO2S.C6H12N2O2S.C6H13NOS.2CH4/c1-5(12)8(10-4-11)7(14)3-9-6(2)13;1-3-6(11)7(5(2)10)8-4-9;1-4(10)6(8-3-9)5(11)2-7;1-3-5(9)6(7)4(2)8;;/h4,7-8,14H,3H2,1-2H3,(H,9,13)(H,10,11);4,6-7,11H,3H2,1-2H3,(H,8,9);3,5-6,11H,2,7H2,1H3,(H,8,9);5-6,9H,3,7H2,1-2H3;2*1H4. The minimum atomic E-state index is -0.664. The van der Waals surface area contributed by atoms with Gasteiger partial charge in [-0.05, 0) is 40.5 Å². The van der Waals surface area contributed by atoms with Crippen molar-refractivity contribution in [2.45, 2.75) is 121 Å². The minimum Gasteiger partial charge on any atom is -0.355 e. The molecule has 0 aromatic rings. The van der Waals surface area contributed by atoms with Crippen LogP contribution >= 0.6 is 50.5 Å². The zero-order chi connectivity index (χ0) is 36.3. The van der Waals surface area contributed by atoms with E-state index in [9.17, 15) is 38.4 Å². The molecule has 0 aromatic carbocycles. The highest BCUT2D eigenvalue weighted by atomic mass is 32.1. The summed E-state index contributed by atoms with van der Waals surface area (Å²) in [5, 5.41) is 8.84. The third-order valence-electron chi connectivity index (χ3n) is 5.73. The van der Waals surface area contributed by atoms with Gasteiger partial charge in [0.1, 0.15) is 11.8 Å². The van der Waals surface area contributed by atoms with Gasteiger partial charge in [-0.3, -0.25) is 38.4 Å². The summed E-state index contributed by atoms with van der Waals surface area (Å²) in [6.07, 6.45) is 3.05. The van der Waals surface area contributed by atoms with E-state index < -0.39 is 29.4 Å². The van der Waals surface area contributed by atoms with Crippen LogP contribution in [0.3, 0.4) is 0 Å². The number of hydrogen-bond donors (Lipinski definition) is 10. The highest BCUT2D eigenvalue weighted by Crippen LogP contribution is 2.07. The predicted octanol–water partition coefficient (Wildman–Crippen LogP) is 0.353. The Morgan fingerprint density at radius 2 is 0.915 bits per heavy atom. The molecule has 47 heavy (non-hydrogen) atoms. The number of carbonyl (C=O) groups is 8. The third kappa shape index (κ3) is 30.9. The van der Waals surface area contributed by atoms with E-state index in [1.807, 2.05) is 13.8 Å². The number of hydrogen-bond acceptors (Lipinski definition) is 14. The van der Waals surface area contributed by atoms with Crippen LogP contribution in [0.15, 0.2) is 0 Å². The van der Waals surface area contributed by atoms with Gasteiger partial charge in [-0.25, -0.2) is 0 Å². The second-order valence-corrected chi connectivity index (χ2v) is 12.2. The Balaban J connectivity index is -0.000000119. The molecule has 278 valence electrons. The van der Waals surface area contributed by atoms with Crippen molar-refractivity contribution in [2.24, 2.45) is 11.5 Å². The quantitative estimate of drug-likeness (QED) is 0.0643. The highest BCUT2D eigenvalue weighted by Gasteiger charge is 2.22. The van der Waals surface area contributed by atoms with E-state index in [4.69, 9.17) is 11.5 Å². The summed E-state index contributed by atoms with van der Waals surface area (Å²) in [4.78, 5) is 84.1. The average Bonchev–Trinajstić information content (AvgIpc) is 2.98. The number of carbonyl (C=O) groups excluding carboxylic acids is 8. The number of Topliss-reactive ketones (excluding diaryl/α,β-unsaturated/α-hetero) is 4. The molecule has 0 aliphatic heterocycles. The van der Waals surface area contributed by atoms with Crippen LogP contribution in [-0.2, 0) is 38.4 Å². The van der Waals surface area contributed by atoms with Crippen molar-refractivity contribution in [1.29, 1.82) is 0 Å². The van der Waals surface area contributed by atoms with Gasteiger partial charge in [-0.15, -0.1) is 0 Å². The highest BCUT2D eigenvalue weighted by molar-refractivity contribution is 7.81. The monoisotopic (exact) mass is 748 g/mol. The summed E-state index contributed by atoms with van der Waals surface area (Å²) < 4.78 is 0. The first-order valence-corrected chi connectivity index (χ1v) is 15.9. The first-order chi connectivity index (χ1) is 20.8. The molecule has 0 saturated carbocycles. The fourth-order valence-corrected chi connectivity index (χ4v) is 4.17. The maximum atomic E-state index is 11.0. The Bertz CT molecular complexity index is 886. The van der Waals surface area contributed by atoms with Crippen LogP contribution in [0.2, 0.25) is 0 Å². The number of thiol groups is 4. The Morgan fingerprint density at radius 3 is 1.13 bits per heavy atom. The molecule has 0 fully saturated rings. The molecule has 0 spiro atoms. The summed E-state index contributed by atoms with van der Waals surface area (Å²) in [6.45, 7) is 11.4. The van der Waals surface area contributed by atoms with Gasteiger partial charge < -0.3 is 32.7 Å². The van der Waals surface area contributed by atoms with Gasteiger partial charge >= 0.3 is 0 Å². The van der Waals surface area contributed by atoms with Crippen molar-refractivity contribution >= 4 is 98.8 Å². The molecule has 0 saturated heterocycles. The Labute approximate surface area is 303 Å². The van der Waals surface area contributed by atoms with Gasteiger partial charge in [0.05, 0.1) is 18.1 Å². The van der Waals surface area contributed by atoms with Crippen molar-refractivity contribution in [3.05, 3.63) is 0 Å². The van der Waals surface area contributed by atoms with E-state index in [-0.39, 0.29) is 72.7 Å². The average molecular weight is 749 g/mol. The topological polar surface area (TPSA) is 237 Å². The fraction of sp³-hybridized carbons (Fsp3) is 0.724. The lowest BCUT2D eigenvalue weighted by Crippen LogP contribution is -2.46. The smallest absolute Gasteiger partial charge is 0.216 e. The van der Waals surface area contributed by atoms with Crippen LogP contribution in [0.1, 0.15) is 76.2 Å². The summed E-state index contributed by atoms with van der Waals surface area (Å²) in [5.41, 5.74) is 10.7. The van der Waals surface area contributed by atoms with Gasteiger partial charge in [0.2, 0.25) is 25.1 Å². The molecule has 0 rings (SSSR count). The fourth-order valence-electron chi connectivity index (χ4n) is 2.98. The summed E-state index contributed by atoms with van der Waals surface area (Å²) in [7, 11) is 0. The van der Waals surface area contributed by atoms with Crippen molar-refractivity contribution < 1.29 is 38.4 Å². The van der Waals surface area contributed by atoms with E-state index in [1.54, 1.807) is 0 Å². The van der Waals surface area contributed by atoms with Crippen molar-refractivity contribution in [3.63, 3.8) is 0 Å². The summed E-state index contributed by atoms with van der Waals surface area (Å²) in [6, 6.07) is -2.07. The lowest BCUT2D eigenvalue weighted by Gasteiger charge is -2.19. The maximum absolute atomic E-state index is 11.0. The molecule has 8 atom stereocenters. The molecule has 4 amide bonds. The molecule has 14 nitrogen and oxygen atoms in total. The Hall–Kier alpha value is -2.12. The summed E-state index contributed by atoms with van der Waals surface area (Å²) >= 11 is 16.4. The van der Waals surface area contributed by atoms with E-state index in [0.29, 0.717) is 19.2 Å². The summed E-state index contributed by atoms with van der Waals surface area (Å²) in [5.74, 6) is -0.571. The molecule has 0 bridgehead atoms. The van der Waals surface area contributed by atoms with E-state index in [0.717, 1.165) is 12.8 Å². The molecule has 0 aliphatic rings. The predicted molar refractivity (Wildman–Crippen MR) is 203 cm³/mol. The van der Waals surface area contributed by atoms with Crippen LogP contribution in [0.4, 0.5) is 0 Å². The number of nitrogens with one attached hydrogen (secondary N) is 4. The first kappa shape index (κ1) is 57.2. The third-order valence-corrected chi connectivity index (χ3v) is 8.07. The van der Waals surface area contributed by atoms with E-state index >= 15 is 0 Å². The number of ketones is 4. The molecule has 0 aliphatic carbocycles. The number of amides is 4. The van der Waals surface area contributed by atoms with E-state index in [1.165, 1.54) is 34.6 Å². The number of nitrogens with two attached hydrogens (primary N) is 2. The molecule has 8 N–H and O–H groups in total. The minimum absolute atomic E-state index is 0. The van der Waals surface area contributed by atoms with Gasteiger partial charge in [0.25, 0.3) is 0 Å². The Morgan fingerprint density at radius 1 is 0.596 bits per heavy atom. The van der Waals surface area contributed by atoms with Crippen molar-refractivity contribution in [3.8, 4) is 0 Å². The van der Waals surface area contributed by atoms with Crippen LogP contribution in [0.5, 0.6) is 0 Å². The maximum Gasteiger partial charge on any atom is 0.216 e. The largest absolute Gasteiger partial charge is 0.355 e. The SMILES string of the molecule is C.C.CC(=O)C(NC=O)C(S)CN.CC(=O)NCC(S)C(NC=O)C(C)=O.CCC(S)C(N)C(C)=O.CCC(S)C(NC=O)C(C)=O. The Kier molecular flexibility index (Phi) is 42.8. The second kappa shape index (κ2) is 35.2. The van der Waals surface area contributed by atoms with Crippen LogP contribution < -0.4 is 32.7 Å². The molecule has 0 radical (unpaired) electrons.